The van der Waals surface area contributed by atoms with E-state index >= 15 is 0 Å². The van der Waals surface area contributed by atoms with Crippen molar-refractivity contribution < 1.29 is 31.1 Å². The van der Waals surface area contributed by atoms with Crippen LogP contribution in [0, 0.1) is 5.82 Å². The number of benzene rings is 3. The molecule has 1 aromatic heterocycles. The third-order valence-corrected chi connectivity index (χ3v) is 5.72. The standard InChI is InChI=1S/C27H21F6N3O/c1-2-26(29,30)19-7-3-17(4-8-19)15-25(37)34-21-11-13-22(14-12-21)36-23(16-24(35-36)27(31,32)33)18-5-9-20(28)10-6-18/h3-14,16H,2,15H2,1H3,(H,34,37). The molecule has 0 aliphatic carbocycles. The first-order valence-electron chi connectivity index (χ1n) is 11.3. The van der Waals surface area contributed by atoms with Crippen LogP contribution in [0.25, 0.3) is 16.9 Å². The molecular weight excluding hydrogens is 496 g/mol. The molecule has 0 bridgehead atoms. The van der Waals surface area contributed by atoms with E-state index in [4.69, 9.17) is 0 Å². The van der Waals surface area contributed by atoms with Crippen LogP contribution in [0.1, 0.15) is 30.2 Å². The zero-order valence-corrected chi connectivity index (χ0v) is 19.5. The summed E-state index contributed by atoms with van der Waals surface area (Å²) in [5.74, 6) is -3.86. The second kappa shape index (κ2) is 10.1. The van der Waals surface area contributed by atoms with Crippen molar-refractivity contribution in [2.24, 2.45) is 0 Å². The first kappa shape index (κ1) is 26.0. The van der Waals surface area contributed by atoms with E-state index in [1.807, 2.05) is 0 Å². The van der Waals surface area contributed by atoms with Crippen molar-refractivity contribution in [3.8, 4) is 16.9 Å². The van der Waals surface area contributed by atoms with Crippen molar-refractivity contribution in [3.05, 3.63) is 102 Å². The van der Waals surface area contributed by atoms with Gasteiger partial charge < -0.3 is 5.32 Å². The van der Waals surface area contributed by atoms with E-state index in [1.165, 1.54) is 67.6 Å². The average Bonchev–Trinajstić information content (AvgIpc) is 3.31. The first-order chi connectivity index (χ1) is 17.5. The summed E-state index contributed by atoms with van der Waals surface area (Å²) in [5, 5.41) is 6.35. The number of nitrogens with zero attached hydrogens (tertiary/aromatic N) is 2. The van der Waals surface area contributed by atoms with Gasteiger partial charge in [-0.05, 0) is 60.2 Å². The minimum absolute atomic E-state index is 0.0530. The van der Waals surface area contributed by atoms with Gasteiger partial charge in [0.15, 0.2) is 5.69 Å². The Balaban J connectivity index is 1.51. The third kappa shape index (κ3) is 6.02. The van der Waals surface area contributed by atoms with Crippen LogP contribution >= 0.6 is 0 Å². The lowest BCUT2D eigenvalue weighted by atomic mass is 10.0. The smallest absolute Gasteiger partial charge is 0.326 e. The van der Waals surface area contributed by atoms with Crippen molar-refractivity contribution in [2.75, 3.05) is 5.32 Å². The maximum absolute atomic E-state index is 13.8. The number of amides is 1. The van der Waals surface area contributed by atoms with Gasteiger partial charge >= 0.3 is 6.18 Å². The highest BCUT2D eigenvalue weighted by atomic mass is 19.4. The molecule has 0 saturated heterocycles. The SMILES string of the molecule is CCC(F)(F)c1ccc(CC(=O)Nc2ccc(-n3nc(C(F)(F)F)cc3-c3ccc(F)cc3)cc2)cc1. The highest BCUT2D eigenvalue weighted by Crippen LogP contribution is 2.34. The maximum atomic E-state index is 13.8. The minimum Gasteiger partial charge on any atom is -0.326 e. The summed E-state index contributed by atoms with van der Waals surface area (Å²) < 4.78 is 82.0. The summed E-state index contributed by atoms with van der Waals surface area (Å²) in [4.78, 5) is 12.4. The molecule has 1 heterocycles. The lowest BCUT2D eigenvalue weighted by Crippen LogP contribution is -2.15. The fourth-order valence-corrected chi connectivity index (χ4v) is 3.69. The van der Waals surface area contributed by atoms with Gasteiger partial charge in [-0.2, -0.15) is 18.3 Å². The molecular formula is C27H21F6N3O. The van der Waals surface area contributed by atoms with Crippen LogP contribution in [0.5, 0.6) is 0 Å². The van der Waals surface area contributed by atoms with Gasteiger partial charge in [-0.15, -0.1) is 0 Å². The summed E-state index contributed by atoms with van der Waals surface area (Å²) in [6, 6.07) is 17.4. The van der Waals surface area contributed by atoms with Crippen LogP contribution < -0.4 is 5.32 Å². The molecule has 0 spiro atoms. The Morgan fingerprint density at radius 2 is 1.51 bits per heavy atom. The molecule has 4 aromatic rings. The summed E-state index contributed by atoms with van der Waals surface area (Å²) >= 11 is 0. The van der Waals surface area contributed by atoms with E-state index in [1.54, 1.807) is 0 Å². The van der Waals surface area contributed by atoms with Crippen LogP contribution in [0.2, 0.25) is 0 Å². The Bertz CT molecular complexity index is 1380. The molecule has 1 amide bonds. The molecule has 0 unspecified atom stereocenters. The monoisotopic (exact) mass is 517 g/mol. The van der Waals surface area contributed by atoms with Crippen molar-refractivity contribution in [1.82, 2.24) is 9.78 Å². The van der Waals surface area contributed by atoms with Crippen molar-refractivity contribution in [3.63, 3.8) is 0 Å². The van der Waals surface area contributed by atoms with Gasteiger partial charge in [-0.3, -0.25) is 4.79 Å². The highest BCUT2D eigenvalue weighted by Gasteiger charge is 2.35. The fraction of sp³-hybridized carbons (Fsp3) is 0.185. The van der Waals surface area contributed by atoms with Gasteiger partial charge in [0.2, 0.25) is 5.91 Å². The fourth-order valence-electron chi connectivity index (χ4n) is 3.69. The quantitative estimate of drug-likeness (QED) is 0.260. The molecule has 0 radical (unpaired) electrons. The van der Waals surface area contributed by atoms with Gasteiger partial charge in [0, 0.05) is 23.2 Å². The molecule has 4 nitrogen and oxygen atoms in total. The van der Waals surface area contributed by atoms with Crippen molar-refractivity contribution in [1.29, 1.82) is 0 Å². The summed E-state index contributed by atoms with van der Waals surface area (Å²) in [6.45, 7) is 1.39. The molecule has 0 atom stereocenters. The first-order valence-corrected chi connectivity index (χ1v) is 11.3. The van der Waals surface area contributed by atoms with E-state index in [9.17, 15) is 31.1 Å². The number of nitrogens with one attached hydrogen (secondary N) is 1. The lowest BCUT2D eigenvalue weighted by molar-refractivity contribution is -0.141. The molecule has 3 aromatic carbocycles. The van der Waals surface area contributed by atoms with Crippen molar-refractivity contribution in [2.45, 2.75) is 31.9 Å². The number of hydrogen-bond acceptors (Lipinski definition) is 2. The van der Waals surface area contributed by atoms with E-state index in [0.29, 0.717) is 22.5 Å². The Hall–Kier alpha value is -4.08. The van der Waals surface area contributed by atoms with E-state index in [-0.39, 0.29) is 24.1 Å². The van der Waals surface area contributed by atoms with Crippen LogP contribution in [0.3, 0.4) is 0 Å². The number of hydrogen-bond donors (Lipinski definition) is 1. The number of halogens is 6. The molecule has 192 valence electrons. The van der Waals surface area contributed by atoms with Crippen LogP contribution in [0.4, 0.5) is 32.0 Å². The zero-order chi connectivity index (χ0) is 26.8. The van der Waals surface area contributed by atoms with Crippen LogP contribution in [-0.4, -0.2) is 15.7 Å². The number of carbonyl (C=O) groups is 1. The second-order valence-corrected chi connectivity index (χ2v) is 8.36. The molecule has 0 fully saturated rings. The minimum atomic E-state index is -4.68. The molecule has 10 heteroatoms. The Labute approximate surface area is 208 Å². The molecule has 37 heavy (non-hydrogen) atoms. The Kier molecular flexibility index (Phi) is 7.11. The lowest BCUT2D eigenvalue weighted by Gasteiger charge is -2.14. The average molecular weight is 517 g/mol. The van der Waals surface area contributed by atoms with Gasteiger partial charge in [0.05, 0.1) is 17.8 Å². The highest BCUT2D eigenvalue weighted by molar-refractivity contribution is 5.92. The molecule has 0 saturated carbocycles. The van der Waals surface area contributed by atoms with Gasteiger partial charge in [-0.25, -0.2) is 17.9 Å². The Morgan fingerprint density at radius 1 is 0.892 bits per heavy atom. The number of aromatic nitrogens is 2. The summed E-state index contributed by atoms with van der Waals surface area (Å²) in [7, 11) is 0. The van der Waals surface area contributed by atoms with Crippen LogP contribution in [0.15, 0.2) is 78.9 Å². The predicted octanol–water partition coefficient (Wildman–Crippen LogP) is 7.38. The van der Waals surface area contributed by atoms with E-state index in [0.717, 1.165) is 22.9 Å². The molecule has 0 aliphatic rings. The number of alkyl halides is 5. The third-order valence-electron chi connectivity index (χ3n) is 5.72. The zero-order valence-electron chi connectivity index (χ0n) is 19.5. The summed E-state index contributed by atoms with van der Waals surface area (Å²) in [6.07, 6.45) is -5.06. The largest absolute Gasteiger partial charge is 0.435 e. The van der Waals surface area contributed by atoms with E-state index in [2.05, 4.69) is 10.4 Å². The molecule has 1 N–H and O–H groups in total. The maximum Gasteiger partial charge on any atom is 0.435 e. The molecule has 0 aliphatic heterocycles. The predicted molar refractivity (Wildman–Crippen MR) is 127 cm³/mol. The van der Waals surface area contributed by atoms with Gasteiger partial charge in [-0.1, -0.05) is 31.2 Å². The van der Waals surface area contributed by atoms with Gasteiger partial charge in [0.25, 0.3) is 5.92 Å². The summed E-state index contributed by atoms with van der Waals surface area (Å²) in [5.41, 5.74) is 0.444. The van der Waals surface area contributed by atoms with Gasteiger partial charge in [0.1, 0.15) is 5.82 Å². The Morgan fingerprint density at radius 3 is 2.08 bits per heavy atom. The van der Waals surface area contributed by atoms with E-state index < -0.39 is 29.5 Å². The van der Waals surface area contributed by atoms with Crippen molar-refractivity contribution >= 4 is 11.6 Å². The second-order valence-electron chi connectivity index (χ2n) is 8.36. The molecule has 4 rings (SSSR count). The normalized spacial score (nSPS) is 12.0. The topological polar surface area (TPSA) is 46.9 Å². The number of rotatable bonds is 7. The number of anilines is 1. The van der Waals surface area contributed by atoms with Crippen LogP contribution in [-0.2, 0) is 23.3 Å². The number of carbonyl (C=O) groups excluding carboxylic acids is 1.